The first-order valence-corrected chi connectivity index (χ1v) is 12.8. The molecule has 5 N–H and O–H groups in total. The molecule has 40 heavy (non-hydrogen) atoms. The van der Waals surface area contributed by atoms with Gasteiger partial charge in [-0.3, -0.25) is 9.79 Å². The molecule has 3 aromatic rings. The summed E-state index contributed by atoms with van der Waals surface area (Å²) in [6.07, 6.45) is 2.78. The van der Waals surface area contributed by atoms with Crippen LogP contribution in [0.5, 0.6) is 5.75 Å². The summed E-state index contributed by atoms with van der Waals surface area (Å²) in [7, 11) is 7.01. The lowest BCUT2D eigenvalue weighted by atomic mass is 9.95. The molecule has 0 atom stereocenters. The molecular weight excluding hydrogens is 511 g/mol. The minimum absolute atomic E-state index is 0.0454. The quantitative estimate of drug-likeness (QED) is 0.148. The van der Waals surface area contributed by atoms with Crippen molar-refractivity contribution >= 4 is 40.3 Å². The number of halogens is 1. The molecule has 0 saturated heterocycles. The Kier molecular flexibility index (Phi) is 10.2. The zero-order valence-electron chi connectivity index (χ0n) is 23.8. The molecule has 1 aromatic heterocycles. The molecule has 11 heteroatoms. The highest BCUT2D eigenvalue weighted by Gasteiger charge is 2.19. The van der Waals surface area contributed by atoms with Crippen molar-refractivity contribution in [2.24, 2.45) is 10.9 Å². The summed E-state index contributed by atoms with van der Waals surface area (Å²) < 4.78 is 20.5. The molecule has 1 amide bonds. The number of hydrogen-bond donors (Lipinski definition) is 4. The van der Waals surface area contributed by atoms with E-state index in [4.69, 9.17) is 10.5 Å². The van der Waals surface area contributed by atoms with Gasteiger partial charge in [0.1, 0.15) is 11.6 Å². The first kappa shape index (κ1) is 30.0. The van der Waals surface area contributed by atoms with Crippen LogP contribution in [0.4, 0.5) is 33.1 Å². The van der Waals surface area contributed by atoms with Gasteiger partial charge >= 0.3 is 0 Å². The van der Waals surface area contributed by atoms with E-state index in [1.165, 1.54) is 12.1 Å². The van der Waals surface area contributed by atoms with Gasteiger partial charge in [-0.05, 0) is 43.3 Å². The summed E-state index contributed by atoms with van der Waals surface area (Å²) >= 11 is 0. The van der Waals surface area contributed by atoms with Gasteiger partial charge in [0.2, 0.25) is 11.9 Å². The predicted molar refractivity (Wildman–Crippen MR) is 161 cm³/mol. The van der Waals surface area contributed by atoms with Gasteiger partial charge in [-0.1, -0.05) is 20.4 Å². The van der Waals surface area contributed by atoms with Crippen molar-refractivity contribution in [1.29, 1.82) is 0 Å². The zero-order chi connectivity index (χ0) is 29.4. The van der Waals surface area contributed by atoms with Crippen LogP contribution in [0.2, 0.25) is 0 Å². The second-order valence-electron chi connectivity index (χ2n) is 9.36. The average molecular weight is 549 g/mol. The second kappa shape index (κ2) is 13.5. The second-order valence-corrected chi connectivity index (χ2v) is 9.36. The van der Waals surface area contributed by atoms with Gasteiger partial charge in [0.25, 0.3) is 0 Å². The van der Waals surface area contributed by atoms with E-state index in [9.17, 15) is 9.18 Å². The molecule has 212 valence electrons. The smallest absolute Gasteiger partial charge is 0.247 e. The van der Waals surface area contributed by atoms with E-state index in [2.05, 4.69) is 37.5 Å². The first-order chi connectivity index (χ1) is 19.1. The summed E-state index contributed by atoms with van der Waals surface area (Å²) in [6, 6.07) is 8.38. The molecular formula is C29H37FN8O2. The minimum Gasteiger partial charge on any atom is -0.494 e. The number of carbonyl (C=O) groups excluding carboxylic acids is 1. The highest BCUT2D eigenvalue weighted by molar-refractivity contribution is 6.06. The first-order valence-electron chi connectivity index (χ1n) is 12.8. The van der Waals surface area contributed by atoms with E-state index in [1.807, 2.05) is 38.9 Å². The SMILES string of the molecule is C=CC(=O)Nc1cc(Nc2nccc(-c3cc(F)c(N)c(C(=NC)C(C)C)c3)n2)c(OC)cc1N(C)CCNC. The van der Waals surface area contributed by atoms with E-state index >= 15 is 0 Å². The van der Waals surface area contributed by atoms with Crippen LogP contribution >= 0.6 is 0 Å². The Morgan fingerprint density at radius 1 is 1.27 bits per heavy atom. The lowest BCUT2D eigenvalue weighted by Gasteiger charge is -2.24. The topological polar surface area (TPSA) is 130 Å². The highest BCUT2D eigenvalue weighted by Crippen LogP contribution is 2.38. The monoisotopic (exact) mass is 548 g/mol. The normalized spacial score (nSPS) is 11.3. The maximum absolute atomic E-state index is 14.9. The summed E-state index contributed by atoms with van der Waals surface area (Å²) in [5.41, 5.74) is 10.2. The fourth-order valence-electron chi connectivity index (χ4n) is 4.20. The molecule has 2 aromatic carbocycles. The van der Waals surface area contributed by atoms with Crippen LogP contribution in [0.3, 0.4) is 0 Å². The van der Waals surface area contributed by atoms with Gasteiger partial charge in [-0.15, -0.1) is 0 Å². The molecule has 0 spiro atoms. The summed E-state index contributed by atoms with van der Waals surface area (Å²) in [5.74, 6) is -0.0912. The largest absolute Gasteiger partial charge is 0.494 e. The number of nitrogens with two attached hydrogens (primary N) is 1. The standard InChI is InChI=1S/C29H37FN8O2/c1-8-26(39)35-22-15-23(25(40-7)16-24(22)38(6)12-11-32-4)37-29-34-10-9-21(36-29)18-13-19(27(31)20(30)14-18)28(33-5)17(2)3/h8-10,13-17,32H,1,11-12,31H2,2-7H3,(H,35,39)(H,34,36,37). The molecule has 0 aliphatic heterocycles. The van der Waals surface area contributed by atoms with Crippen molar-refractivity contribution in [2.45, 2.75) is 13.8 Å². The van der Waals surface area contributed by atoms with Gasteiger partial charge in [-0.25, -0.2) is 14.4 Å². The molecule has 1 heterocycles. The van der Waals surface area contributed by atoms with E-state index in [-0.39, 0.29) is 23.5 Å². The van der Waals surface area contributed by atoms with Crippen LogP contribution in [0.1, 0.15) is 19.4 Å². The maximum atomic E-state index is 14.9. The van der Waals surface area contributed by atoms with Crippen LogP contribution in [0.15, 0.2) is 54.2 Å². The summed E-state index contributed by atoms with van der Waals surface area (Å²) in [6.45, 7) is 8.93. The maximum Gasteiger partial charge on any atom is 0.247 e. The van der Waals surface area contributed by atoms with Crippen LogP contribution in [-0.4, -0.2) is 62.9 Å². The van der Waals surface area contributed by atoms with Gasteiger partial charge in [-0.2, -0.15) is 0 Å². The molecule has 0 aliphatic rings. The van der Waals surface area contributed by atoms with E-state index < -0.39 is 5.82 Å². The summed E-state index contributed by atoms with van der Waals surface area (Å²) in [5, 5.41) is 9.14. The van der Waals surface area contributed by atoms with Crippen LogP contribution < -0.4 is 31.3 Å². The number of hydrogen-bond acceptors (Lipinski definition) is 9. The van der Waals surface area contributed by atoms with Crippen molar-refractivity contribution in [3.05, 3.63) is 60.6 Å². The minimum atomic E-state index is -0.551. The number of ether oxygens (including phenoxy) is 1. The fourth-order valence-corrected chi connectivity index (χ4v) is 4.20. The third kappa shape index (κ3) is 6.92. The molecule has 3 rings (SSSR count). The molecule has 0 bridgehead atoms. The van der Waals surface area contributed by atoms with E-state index in [0.717, 1.165) is 12.2 Å². The number of nitrogens with zero attached hydrogens (tertiary/aromatic N) is 4. The molecule has 10 nitrogen and oxygen atoms in total. The number of benzene rings is 2. The van der Waals surface area contributed by atoms with Crippen molar-refractivity contribution < 1.29 is 13.9 Å². The van der Waals surface area contributed by atoms with Crippen molar-refractivity contribution in [3.63, 3.8) is 0 Å². The van der Waals surface area contributed by atoms with Gasteiger partial charge in [0, 0.05) is 56.3 Å². The number of anilines is 5. The Hall–Kier alpha value is -4.51. The summed E-state index contributed by atoms with van der Waals surface area (Å²) in [4.78, 5) is 27.5. The number of nitrogen functional groups attached to an aromatic ring is 1. The Labute approximate surface area is 234 Å². The average Bonchev–Trinajstić information content (AvgIpc) is 2.94. The lowest BCUT2D eigenvalue weighted by molar-refractivity contribution is -0.111. The molecule has 0 saturated carbocycles. The number of methoxy groups -OCH3 is 1. The van der Waals surface area contributed by atoms with Crippen LogP contribution in [-0.2, 0) is 4.79 Å². The number of carbonyl (C=O) groups is 1. The number of amides is 1. The lowest BCUT2D eigenvalue weighted by Crippen LogP contribution is -2.28. The van der Waals surface area contributed by atoms with Gasteiger partial charge in [0.15, 0.2) is 0 Å². The van der Waals surface area contributed by atoms with E-state index in [0.29, 0.717) is 46.2 Å². The Bertz CT molecular complexity index is 1410. The number of rotatable bonds is 12. The Morgan fingerprint density at radius 3 is 2.65 bits per heavy atom. The number of likely N-dealkylation sites (N-methyl/N-ethyl adjacent to an activating group) is 2. The Balaban J connectivity index is 2.04. The number of nitrogens with one attached hydrogen (secondary N) is 3. The van der Waals surface area contributed by atoms with Gasteiger partial charge < -0.3 is 31.3 Å². The van der Waals surface area contributed by atoms with Crippen LogP contribution in [0.25, 0.3) is 11.3 Å². The molecule has 0 aliphatic carbocycles. The number of aromatic nitrogens is 2. The van der Waals surface area contributed by atoms with Gasteiger partial charge in [0.05, 0.1) is 35.6 Å². The van der Waals surface area contributed by atoms with Crippen molar-refractivity contribution in [3.8, 4) is 17.0 Å². The number of aliphatic imine (C=N–C) groups is 1. The molecule has 0 radical (unpaired) electrons. The molecule has 0 unspecified atom stereocenters. The van der Waals surface area contributed by atoms with Crippen LogP contribution in [0, 0.1) is 11.7 Å². The zero-order valence-corrected chi connectivity index (χ0v) is 23.8. The highest BCUT2D eigenvalue weighted by atomic mass is 19.1. The third-order valence-electron chi connectivity index (χ3n) is 6.26. The fraction of sp³-hybridized carbons (Fsp3) is 0.310. The van der Waals surface area contributed by atoms with Crippen molar-refractivity contribution in [2.75, 3.05) is 62.6 Å². The molecule has 0 fully saturated rings. The van der Waals surface area contributed by atoms with E-state index in [1.54, 1.807) is 38.6 Å². The predicted octanol–water partition coefficient (Wildman–Crippen LogP) is 4.47. The third-order valence-corrected chi connectivity index (χ3v) is 6.26. The Morgan fingerprint density at radius 2 is 2.02 bits per heavy atom. The van der Waals surface area contributed by atoms with Crippen molar-refractivity contribution in [1.82, 2.24) is 15.3 Å².